The van der Waals surface area contributed by atoms with Crippen molar-refractivity contribution in [3.8, 4) is 5.75 Å². The molecule has 1 aromatic carbocycles. The summed E-state index contributed by atoms with van der Waals surface area (Å²) in [6.45, 7) is 0. The molecule has 1 atom stereocenters. The van der Waals surface area contributed by atoms with Crippen molar-refractivity contribution in [2.75, 3.05) is 12.8 Å². The van der Waals surface area contributed by atoms with Crippen LogP contribution in [0, 0.1) is 0 Å². The molecule has 0 radical (unpaired) electrons. The number of unbranched alkanes of at least 4 members (excludes halogenated alkanes) is 1. The second-order valence-electron chi connectivity index (χ2n) is 5.12. The first-order chi connectivity index (χ1) is 10.7. The first kappa shape index (κ1) is 17.2. The molecule has 0 unspecified atom stereocenters. The molecule has 4 nitrogen and oxygen atoms in total. The highest BCUT2D eigenvalue weighted by molar-refractivity contribution is 8.77. The van der Waals surface area contributed by atoms with Crippen LogP contribution in [-0.2, 0) is 4.79 Å². The summed E-state index contributed by atoms with van der Waals surface area (Å²) < 4.78 is 5.33. The van der Waals surface area contributed by atoms with Crippen LogP contribution in [0.2, 0.25) is 0 Å². The molecule has 1 aliphatic rings. The lowest BCUT2D eigenvalue weighted by Crippen LogP contribution is -2.20. The van der Waals surface area contributed by atoms with Crippen LogP contribution >= 0.6 is 21.6 Å². The van der Waals surface area contributed by atoms with Crippen molar-refractivity contribution in [2.45, 2.75) is 37.4 Å². The SMILES string of the molecule is CNC(=O)c1ccccc1OC(=O)CCCC[C@@H]1CCSS1. The molecule has 2 rings (SSSR count). The molecule has 1 fully saturated rings. The van der Waals surface area contributed by atoms with Crippen LogP contribution in [0.1, 0.15) is 42.5 Å². The average Bonchev–Trinajstić information content (AvgIpc) is 3.05. The van der Waals surface area contributed by atoms with E-state index in [9.17, 15) is 9.59 Å². The summed E-state index contributed by atoms with van der Waals surface area (Å²) in [5.74, 6) is 1.05. The van der Waals surface area contributed by atoms with Gasteiger partial charge in [-0.25, -0.2) is 0 Å². The zero-order chi connectivity index (χ0) is 15.8. The lowest BCUT2D eigenvalue weighted by molar-refractivity contribution is -0.134. The average molecular weight is 339 g/mol. The number of amides is 1. The highest BCUT2D eigenvalue weighted by atomic mass is 33.1. The smallest absolute Gasteiger partial charge is 0.311 e. The second-order valence-corrected chi connectivity index (χ2v) is 7.91. The molecule has 0 aromatic heterocycles. The van der Waals surface area contributed by atoms with Crippen molar-refractivity contribution in [2.24, 2.45) is 0 Å². The van der Waals surface area contributed by atoms with E-state index >= 15 is 0 Å². The van der Waals surface area contributed by atoms with Crippen molar-refractivity contribution in [3.05, 3.63) is 29.8 Å². The molecular weight excluding hydrogens is 318 g/mol. The number of ether oxygens (including phenoxy) is 1. The highest BCUT2D eigenvalue weighted by Gasteiger charge is 2.17. The normalized spacial score (nSPS) is 17.2. The third-order valence-corrected chi connectivity index (χ3v) is 6.47. The lowest BCUT2D eigenvalue weighted by Gasteiger charge is -2.09. The number of carbonyl (C=O) groups is 2. The van der Waals surface area contributed by atoms with Crippen LogP contribution in [0.5, 0.6) is 5.75 Å². The fraction of sp³-hybridized carbons (Fsp3) is 0.500. The maximum atomic E-state index is 11.9. The molecule has 0 spiro atoms. The van der Waals surface area contributed by atoms with E-state index in [0.717, 1.165) is 18.1 Å². The van der Waals surface area contributed by atoms with Crippen molar-refractivity contribution in [1.29, 1.82) is 0 Å². The topological polar surface area (TPSA) is 55.4 Å². The number of rotatable bonds is 7. The van der Waals surface area contributed by atoms with E-state index in [4.69, 9.17) is 4.74 Å². The molecule has 1 aliphatic heterocycles. The fourth-order valence-electron chi connectivity index (χ4n) is 2.26. The number of hydrogen-bond donors (Lipinski definition) is 1. The van der Waals surface area contributed by atoms with E-state index in [1.165, 1.54) is 18.6 Å². The van der Waals surface area contributed by atoms with Gasteiger partial charge in [0.2, 0.25) is 0 Å². The van der Waals surface area contributed by atoms with Gasteiger partial charge in [0.15, 0.2) is 0 Å². The predicted molar refractivity (Wildman–Crippen MR) is 92.4 cm³/mol. The molecule has 0 saturated carbocycles. The largest absolute Gasteiger partial charge is 0.426 e. The van der Waals surface area contributed by atoms with Crippen molar-refractivity contribution >= 4 is 33.5 Å². The Morgan fingerprint density at radius 3 is 2.86 bits per heavy atom. The van der Waals surface area contributed by atoms with E-state index in [1.807, 2.05) is 21.6 Å². The Bertz CT molecular complexity index is 516. The number of para-hydroxylation sites is 1. The molecule has 0 bridgehead atoms. The summed E-state index contributed by atoms with van der Waals surface area (Å²) in [7, 11) is 5.47. The van der Waals surface area contributed by atoms with Crippen molar-refractivity contribution < 1.29 is 14.3 Å². The van der Waals surface area contributed by atoms with Gasteiger partial charge in [0.05, 0.1) is 5.56 Å². The first-order valence-corrected chi connectivity index (χ1v) is 9.89. The number of benzene rings is 1. The van der Waals surface area contributed by atoms with Gasteiger partial charge < -0.3 is 10.1 Å². The Labute approximate surface area is 139 Å². The molecule has 1 heterocycles. The molecular formula is C16H21NO3S2. The molecule has 1 amide bonds. The third kappa shape index (κ3) is 5.25. The van der Waals surface area contributed by atoms with Gasteiger partial charge in [-0.2, -0.15) is 0 Å². The van der Waals surface area contributed by atoms with E-state index in [1.54, 1.807) is 31.3 Å². The maximum absolute atomic E-state index is 11.9. The molecule has 1 saturated heterocycles. The van der Waals surface area contributed by atoms with Gasteiger partial charge in [0.25, 0.3) is 5.91 Å². The van der Waals surface area contributed by atoms with Gasteiger partial charge in [-0.1, -0.05) is 40.1 Å². The van der Waals surface area contributed by atoms with Gasteiger partial charge >= 0.3 is 5.97 Å². The Morgan fingerprint density at radius 1 is 1.32 bits per heavy atom. The van der Waals surface area contributed by atoms with Crippen LogP contribution in [0.25, 0.3) is 0 Å². The zero-order valence-corrected chi connectivity index (χ0v) is 14.3. The van der Waals surface area contributed by atoms with Gasteiger partial charge in [0, 0.05) is 24.5 Å². The highest BCUT2D eigenvalue weighted by Crippen LogP contribution is 2.39. The zero-order valence-electron chi connectivity index (χ0n) is 12.7. The summed E-state index contributed by atoms with van der Waals surface area (Å²) in [6, 6.07) is 6.80. The van der Waals surface area contributed by atoms with Crippen LogP contribution in [0.3, 0.4) is 0 Å². The Kier molecular flexibility index (Phi) is 7.12. The molecule has 120 valence electrons. The summed E-state index contributed by atoms with van der Waals surface area (Å²) in [6.07, 6.45) is 4.72. The minimum Gasteiger partial charge on any atom is -0.426 e. The van der Waals surface area contributed by atoms with Crippen molar-refractivity contribution in [1.82, 2.24) is 5.32 Å². The van der Waals surface area contributed by atoms with E-state index in [0.29, 0.717) is 17.7 Å². The molecule has 22 heavy (non-hydrogen) atoms. The predicted octanol–water partition coefficient (Wildman–Crippen LogP) is 3.67. The summed E-state index contributed by atoms with van der Waals surface area (Å²) in [5, 5.41) is 3.29. The van der Waals surface area contributed by atoms with E-state index < -0.39 is 0 Å². The maximum Gasteiger partial charge on any atom is 0.311 e. The van der Waals surface area contributed by atoms with Gasteiger partial charge in [-0.05, 0) is 31.4 Å². The van der Waals surface area contributed by atoms with E-state index in [-0.39, 0.29) is 11.9 Å². The number of esters is 1. The van der Waals surface area contributed by atoms with Gasteiger partial charge in [-0.3, -0.25) is 9.59 Å². The van der Waals surface area contributed by atoms with Crippen LogP contribution in [-0.4, -0.2) is 29.9 Å². The van der Waals surface area contributed by atoms with Crippen LogP contribution < -0.4 is 10.1 Å². The van der Waals surface area contributed by atoms with Gasteiger partial charge in [-0.15, -0.1) is 0 Å². The quantitative estimate of drug-likeness (QED) is 0.355. The second kappa shape index (κ2) is 9.10. The minimum absolute atomic E-state index is 0.251. The summed E-state index contributed by atoms with van der Waals surface area (Å²) >= 11 is 0. The standard InChI is InChI=1S/C16H21NO3S2/c1-17-16(19)13-7-3-4-8-14(13)20-15(18)9-5-2-6-12-10-11-21-22-12/h3-4,7-8,12H,2,5-6,9-11H2,1H3,(H,17,19)/t12-/m1/s1. The Morgan fingerprint density at radius 2 is 2.14 bits per heavy atom. The number of hydrogen-bond acceptors (Lipinski definition) is 5. The summed E-state index contributed by atoms with van der Waals surface area (Å²) in [4.78, 5) is 23.6. The lowest BCUT2D eigenvalue weighted by atomic mass is 10.1. The van der Waals surface area contributed by atoms with Gasteiger partial charge in [0.1, 0.15) is 5.75 Å². The summed E-state index contributed by atoms with van der Waals surface area (Å²) in [5.41, 5.74) is 0.387. The number of carbonyl (C=O) groups excluding carboxylic acids is 2. The van der Waals surface area contributed by atoms with E-state index in [2.05, 4.69) is 5.32 Å². The molecule has 1 N–H and O–H groups in total. The first-order valence-electron chi connectivity index (χ1n) is 7.50. The van der Waals surface area contributed by atoms with Crippen LogP contribution in [0.15, 0.2) is 24.3 Å². The third-order valence-electron chi connectivity index (χ3n) is 3.47. The fourth-order valence-corrected chi connectivity index (χ4v) is 5.29. The van der Waals surface area contributed by atoms with Crippen molar-refractivity contribution in [3.63, 3.8) is 0 Å². The minimum atomic E-state index is -0.273. The number of nitrogens with one attached hydrogen (secondary N) is 1. The van der Waals surface area contributed by atoms with Crippen LogP contribution in [0.4, 0.5) is 0 Å². The Hall–Kier alpha value is -1.14. The molecule has 1 aromatic rings. The Balaban J connectivity index is 1.75. The monoisotopic (exact) mass is 339 g/mol. The molecule has 6 heteroatoms. The molecule has 0 aliphatic carbocycles.